The number of rotatable bonds is 10. The van der Waals surface area contributed by atoms with Crippen LogP contribution in [0.3, 0.4) is 0 Å². The maximum atomic E-state index is 12.6. The van der Waals surface area contributed by atoms with Gasteiger partial charge in [-0.15, -0.1) is 0 Å². The Morgan fingerprint density at radius 2 is 1.96 bits per heavy atom. The monoisotopic (exact) mass is 377 g/mol. The maximum Gasteiger partial charge on any atom is 0.263 e. The second-order valence-electron chi connectivity index (χ2n) is 5.90. The lowest BCUT2D eigenvalue weighted by atomic mass is 10.2. The van der Waals surface area contributed by atoms with Gasteiger partial charge in [-0.2, -0.15) is 0 Å². The number of aromatic nitrogens is 1. The highest BCUT2D eigenvalue weighted by Crippen LogP contribution is 2.11. The molecule has 0 saturated carbocycles. The molecule has 2 N–H and O–H groups in total. The van der Waals surface area contributed by atoms with Gasteiger partial charge in [-0.1, -0.05) is 30.2 Å². The Morgan fingerprint density at radius 1 is 1.15 bits per heavy atom. The van der Waals surface area contributed by atoms with Crippen molar-refractivity contribution in [2.45, 2.75) is 25.8 Å². The van der Waals surface area contributed by atoms with Crippen molar-refractivity contribution in [2.75, 3.05) is 20.2 Å². The number of nitrogens with one attached hydrogen (secondary N) is 2. The van der Waals surface area contributed by atoms with Crippen LogP contribution in [0.1, 0.15) is 35.2 Å². The Labute approximate surface area is 158 Å². The molecule has 26 heavy (non-hydrogen) atoms. The summed E-state index contributed by atoms with van der Waals surface area (Å²) in [7, 11) is 1.58. The van der Waals surface area contributed by atoms with Crippen molar-refractivity contribution in [1.29, 1.82) is 0 Å². The molecule has 7 heteroatoms. The zero-order valence-corrected chi connectivity index (χ0v) is 15.6. The summed E-state index contributed by atoms with van der Waals surface area (Å²) in [6, 6.07) is 10.6. The van der Waals surface area contributed by atoms with Crippen molar-refractivity contribution in [3.05, 3.63) is 69.1 Å². The van der Waals surface area contributed by atoms with Crippen LogP contribution in [-0.4, -0.2) is 30.7 Å². The summed E-state index contributed by atoms with van der Waals surface area (Å²) in [5, 5.41) is 3.42. The van der Waals surface area contributed by atoms with E-state index in [4.69, 9.17) is 16.4 Å². The van der Waals surface area contributed by atoms with Crippen LogP contribution < -0.4 is 16.4 Å². The second kappa shape index (κ2) is 10.8. The van der Waals surface area contributed by atoms with E-state index in [9.17, 15) is 9.59 Å². The van der Waals surface area contributed by atoms with E-state index in [1.54, 1.807) is 37.6 Å². The van der Waals surface area contributed by atoms with E-state index in [2.05, 4.69) is 10.8 Å². The summed E-state index contributed by atoms with van der Waals surface area (Å²) in [6.45, 7) is 1.68. The smallest absolute Gasteiger partial charge is 0.263 e. The predicted octanol–water partition coefficient (Wildman–Crippen LogP) is 2.60. The maximum absolute atomic E-state index is 12.6. The molecule has 0 atom stereocenters. The largest absolute Gasteiger partial charge is 0.352 e. The zero-order chi connectivity index (χ0) is 18.8. The summed E-state index contributed by atoms with van der Waals surface area (Å²) in [5.41, 5.74) is 3.51. The molecule has 140 valence electrons. The molecule has 1 aromatic carbocycles. The minimum Gasteiger partial charge on any atom is -0.352 e. The fraction of sp³-hybridized carbons (Fsp3) is 0.368. The molecule has 2 aromatic rings. The molecule has 1 aromatic heterocycles. The van der Waals surface area contributed by atoms with Crippen molar-refractivity contribution in [3.63, 3.8) is 0 Å². The molecule has 0 bridgehead atoms. The third-order valence-corrected chi connectivity index (χ3v) is 4.13. The Kier molecular flexibility index (Phi) is 8.34. The van der Waals surface area contributed by atoms with Gasteiger partial charge in [0.2, 0.25) is 0 Å². The fourth-order valence-corrected chi connectivity index (χ4v) is 2.78. The number of benzene rings is 1. The number of hydrogen-bond donors (Lipinski definition) is 2. The average molecular weight is 378 g/mol. The molecule has 0 radical (unpaired) electrons. The number of hydrogen-bond acceptors (Lipinski definition) is 4. The molecule has 0 saturated heterocycles. The van der Waals surface area contributed by atoms with Crippen LogP contribution in [0.25, 0.3) is 0 Å². The summed E-state index contributed by atoms with van der Waals surface area (Å²) in [6.07, 6.45) is 4.44. The summed E-state index contributed by atoms with van der Waals surface area (Å²) in [4.78, 5) is 29.6. The minimum absolute atomic E-state index is 0.149. The third kappa shape index (κ3) is 6.29. The normalized spacial score (nSPS) is 10.7. The Hall–Kier alpha value is -2.15. The fourth-order valence-electron chi connectivity index (χ4n) is 2.56. The van der Waals surface area contributed by atoms with Crippen LogP contribution in [0.5, 0.6) is 0 Å². The van der Waals surface area contributed by atoms with Gasteiger partial charge in [0.05, 0.1) is 13.7 Å². The van der Waals surface area contributed by atoms with E-state index < -0.39 is 0 Å². The van der Waals surface area contributed by atoms with Gasteiger partial charge in [0, 0.05) is 24.3 Å². The molecule has 0 aliphatic heterocycles. The lowest BCUT2D eigenvalue weighted by molar-refractivity contribution is 0.0901. The molecule has 2 rings (SSSR count). The van der Waals surface area contributed by atoms with Gasteiger partial charge in [-0.25, -0.2) is 5.48 Å². The highest BCUT2D eigenvalue weighted by molar-refractivity contribution is 6.30. The molecule has 0 aliphatic rings. The van der Waals surface area contributed by atoms with Gasteiger partial charge in [-0.05, 0) is 42.7 Å². The Balaban J connectivity index is 1.91. The van der Waals surface area contributed by atoms with Gasteiger partial charge >= 0.3 is 0 Å². The quantitative estimate of drug-likeness (QED) is 0.493. The Morgan fingerprint density at radius 3 is 2.73 bits per heavy atom. The molecule has 1 amide bonds. The van der Waals surface area contributed by atoms with Gasteiger partial charge in [-0.3, -0.25) is 9.59 Å². The predicted molar refractivity (Wildman–Crippen MR) is 102 cm³/mol. The first-order chi connectivity index (χ1) is 12.6. The number of unbranched alkanes of at least 4 members (excludes halogenated alkanes) is 2. The first kappa shape index (κ1) is 20.2. The van der Waals surface area contributed by atoms with Crippen molar-refractivity contribution in [3.8, 4) is 0 Å². The molecule has 0 fully saturated rings. The highest BCUT2D eigenvalue weighted by atomic mass is 35.5. The van der Waals surface area contributed by atoms with Crippen molar-refractivity contribution in [1.82, 2.24) is 15.4 Å². The number of pyridine rings is 1. The number of carbonyl (C=O) groups excluding carboxylic acids is 1. The van der Waals surface area contributed by atoms with Crippen molar-refractivity contribution in [2.24, 2.45) is 0 Å². The zero-order valence-electron chi connectivity index (χ0n) is 14.8. The van der Waals surface area contributed by atoms with E-state index in [1.807, 2.05) is 12.1 Å². The lowest BCUT2D eigenvalue weighted by Crippen LogP contribution is -2.33. The molecule has 0 unspecified atom stereocenters. The molecule has 1 heterocycles. The SMILES string of the molecule is CONCCCCCNC(=O)c1cccn(Cc2cccc(Cl)c2)c1=O. The number of halogens is 1. The topological polar surface area (TPSA) is 72.4 Å². The van der Waals surface area contributed by atoms with Crippen LogP contribution in [0, 0.1) is 0 Å². The van der Waals surface area contributed by atoms with Gasteiger partial charge in [0.25, 0.3) is 11.5 Å². The van der Waals surface area contributed by atoms with Gasteiger partial charge in [0.1, 0.15) is 5.56 Å². The summed E-state index contributed by atoms with van der Waals surface area (Å²) in [5.74, 6) is -0.342. The van der Waals surface area contributed by atoms with Gasteiger partial charge in [0.15, 0.2) is 0 Å². The molecule has 0 spiro atoms. The van der Waals surface area contributed by atoms with E-state index in [0.717, 1.165) is 31.4 Å². The minimum atomic E-state index is -0.342. The van der Waals surface area contributed by atoms with Crippen molar-refractivity contribution < 1.29 is 9.63 Å². The summed E-state index contributed by atoms with van der Waals surface area (Å²) < 4.78 is 1.51. The van der Waals surface area contributed by atoms with E-state index in [1.165, 1.54) is 4.57 Å². The van der Waals surface area contributed by atoms with E-state index in [0.29, 0.717) is 18.1 Å². The molecule has 6 nitrogen and oxygen atoms in total. The number of nitrogens with zero attached hydrogens (tertiary/aromatic N) is 1. The second-order valence-corrected chi connectivity index (χ2v) is 6.34. The van der Waals surface area contributed by atoms with Crippen LogP contribution >= 0.6 is 11.6 Å². The lowest BCUT2D eigenvalue weighted by Gasteiger charge is -2.09. The summed E-state index contributed by atoms with van der Waals surface area (Å²) >= 11 is 5.98. The van der Waals surface area contributed by atoms with E-state index >= 15 is 0 Å². The van der Waals surface area contributed by atoms with E-state index in [-0.39, 0.29) is 17.0 Å². The van der Waals surface area contributed by atoms with Crippen LogP contribution in [-0.2, 0) is 11.4 Å². The number of hydroxylamine groups is 1. The molecular formula is C19H24ClN3O3. The number of amides is 1. The van der Waals surface area contributed by atoms with Gasteiger partial charge < -0.3 is 14.7 Å². The first-order valence-electron chi connectivity index (χ1n) is 8.60. The average Bonchev–Trinajstić information content (AvgIpc) is 2.62. The molecular weight excluding hydrogens is 354 g/mol. The van der Waals surface area contributed by atoms with Crippen LogP contribution in [0.15, 0.2) is 47.4 Å². The first-order valence-corrected chi connectivity index (χ1v) is 8.97. The third-order valence-electron chi connectivity index (χ3n) is 3.89. The highest BCUT2D eigenvalue weighted by Gasteiger charge is 2.11. The van der Waals surface area contributed by atoms with Crippen molar-refractivity contribution >= 4 is 17.5 Å². The molecule has 0 aliphatic carbocycles. The van der Waals surface area contributed by atoms with Crippen LogP contribution in [0.2, 0.25) is 5.02 Å². The van der Waals surface area contributed by atoms with Crippen LogP contribution in [0.4, 0.5) is 0 Å². The Bertz CT molecular complexity index is 777. The standard InChI is InChI=1S/C19H24ClN3O3/c1-26-22-11-4-2-3-10-21-18(24)17-9-6-12-23(19(17)25)14-15-7-5-8-16(20)13-15/h5-9,12-13,22H,2-4,10-11,14H2,1H3,(H,21,24). The number of carbonyl (C=O) groups is 1.